The molecule has 3 aromatic rings. The second-order valence-corrected chi connectivity index (χ2v) is 7.15. The Labute approximate surface area is 151 Å². The molecule has 2 heterocycles. The van der Waals surface area contributed by atoms with Crippen molar-refractivity contribution in [2.24, 2.45) is 7.05 Å². The van der Waals surface area contributed by atoms with E-state index < -0.39 is 0 Å². The predicted octanol–water partition coefficient (Wildman–Crippen LogP) is 4.56. The van der Waals surface area contributed by atoms with Gasteiger partial charge in [0.05, 0.1) is 17.2 Å². The van der Waals surface area contributed by atoms with E-state index in [9.17, 15) is 4.79 Å². The Morgan fingerprint density at radius 2 is 2.00 bits per heavy atom. The van der Waals surface area contributed by atoms with Crippen molar-refractivity contribution in [1.82, 2.24) is 14.1 Å². The summed E-state index contributed by atoms with van der Waals surface area (Å²) in [5.74, 6) is 0.718. The molecule has 0 bridgehead atoms. The fourth-order valence-corrected chi connectivity index (χ4v) is 3.90. The molecule has 1 aromatic carbocycles. The quantitative estimate of drug-likeness (QED) is 0.748. The van der Waals surface area contributed by atoms with Crippen LogP contribution in [0, 0.1) is 6.92 Å². The van der Waals surface area contributed by atoms with Gasteiger partial charge in [-0.15, -0.1) is 0 Å². The number of rotatable bonds is 3. The molecule has 4 rings (SSSR count). The van der Waals surface area contributed by atoms with Crippen LogP contribution < -0.4 is 11.0 Å². The highest BCUT2D eigenvalue weighted by Crippen LogP contribution is 2.32. The van der Waals surface area contributed by atoms with Gasteiger partial charge in [-0.1, -0.05) is 30.5 Å². The zero-order valence-electron chi connectivity index (χ0n) is 14.4. The lowest BCUT2D eigenvalue weighted by molar-refractivity contribution is 0.509. The minimum Gasteiger partial charge on any atom is -0.340 e. The number of nitrogens with zero attached hydrogens (tertiary/aromatic N) is 3. The Morgan fingerprint density at radius 1 is 1.24 bits per heavy atom. The van der Waals surface area contributed by atoms with Gasteiger partial charge in [0.15, 0.2) is 0 Å². The molecule has 0 amide bonds. The lowest BCUT2D eigenvalue weighted by Gasteiger charge is -2.13. The monoisotopic (exact) mass is 356 g/mol. The van der Waals surface area contributed by atoms with Gasteiger partial charge in [0, 0.05) is 29.9 Å². The molecular formula is C19H21ClN4O. The predicted molar refractivity (Wildman–Crippen MR) is 102 cm³/mol. The molecule has 25 heavy (non-hydrogen) atoms. The van der Waals surface area contributed by atoms with Crippen LogP contribution in [0.15, 0.2) is 35.3 Å². The van der Waals surface area contributed by atoms with Gasteiger partial charge in [-0.05, 0) is 37.5 Å². The number of aromatic nitrogens is 3. The van der Waals surface area contributed by atoms with Crippen molar-refractivity contribution in [3.63, 3.8) is 0 Å². The Balaban J connectivity index is 1.80. The normalized spacial score (nSPS) is 15.2. The summed E-state index contributed by atoms with van der Waals surface area (Å²) in [5.41, 5.74) is 3.75. The van der Waals surface area contributed by atoms with Gasteiger partial charge in [0.1, 0.15) is 5.82 Å². The Bertz CT molecular complexity index is 999. The molecule has 1 saturated carbocycles. The number of hydrogen-bond acceptors (Lipinski definition) is 3. The van der Waals surface area contributed by atoms with E-state index in [0.717, 1.165) is 40.9 Å². The second kappa shape index (κ2) is 6.23. The molecule has 0 spiro atoms. The number of halogens is 1. The van der Waals surface area contributed by atoms with Gasteiger partial charge in [-0.3, -0.25) is 9.13 Å². The maximum Gasteiger partial charge on any atom is 0.329 e. The van der Waals surface area contributed by atoms with Crippen LogP contribution in [-0.4, -0.2) is 14.1 Å². The second-order valence-electron chi connectivity index (χ2n) is 6.75. The number of anilines is 2. The number of imidazole rings is 1. The average molecular weight is 357 g/mol. The van der Waals surface area contributed by atoms with E-state index in [4.69, 9.17) is 11.6 Å². The van der Waals surface area contributed by atoms with Crippen molar-refractivity contribution in [2.45, 2.75) is 38.6 Å². The fraction of sp³-hybridized carbons (Fsp3) is 0.368. The van der Waals surface area contributed by atoms with Crippen LogP contribution in [0.1, 0.15) is 37.3 Å². The molecule has 2 aromatic heterocycles. The molecule has 1 aliphatic carbocycles. The molecule has 0 saturated heterocycles. The number of pyridine rings is 1. The van der Waals surface area contributed by atoms with Gasteiger partial charge >= 0.3 is 5.69 Å². The molecule has 0 atom stereocenters. The third-order valence-corrected chi connectivity index (χ3v) is 5.61. The summed E-state index contributed by atoms with van der Waals surface area (Å²) in [6, 6.07) is 8.01. The maximum absolute atomic E-state index is 12.7. The van der Waals surface area contributed by atoms with Crippen molar-refractivity contribution in [3.8, 4) is 0 Å². The van der Waals surface area contributed by atoms with E-state index >= 15 is 0 Å². The SMILES string of the molecule is Cc1c(Cl)cccc1Nc1cc2c(cn1)n(C)c(=O)n2C1CCCC1. The largest absolute Gasteiger partial charge is 0.340 e. The van der Waals surface area contributed by atoms with Gasteiger partial charge in [0.25, 0.3) is 0 Å². The van der Waals surface area contributed by atoms with Crippen molar-refractivity contribution >= 4 is 34.1 Å². The third kappa shape index (κ3) is 2.72. The first-order chi connectivity index (χ1) is 12.1. The highest BCUT2D eigenvalue weighted by Gasteiger charge is 2.23. The summed E-state index contributed by atoms with van der Waals surface area (Å²) in [5, 5.41) is 4.05. The van der Waals surface area contributed by atoms with Crippen LogP contribution in [0.3, 0.4) is 0 Å². The van der Waals surface area contributed by atoms with Crippen LogP contribution in [0.2, 0.25) is 5.02 Å². The number of hydrogen-bond donors (Lipinski definition) is 1. The lowest BCUT2D eigenvalue weighted by atomic mass is 10.2. The topological polar surface area (TPSA) is 51.9 Å². The molecule has 0 radical (unpaired) electrons. The summed E-state index contributed by atoms with van der Waals surface area (Å²) in [7, 11) is 1.81. The molecule has 0 unspecified atom stereocenters. The fourth-order valence-electron chi connectivity index (χ4n) is 3.72. The Kier molecular flexibility index (Phi) is 4.04. The van der Waals surface area contributed by atoms with E-state index in [0.29, 0.717) is 11.1 Å². The number of nitrogens with one attached hydrogen (secondary N) is 1. The van der Waals surface area contributed by atoms with Crippen molar-refractivity contribution < 1.29 is 0 Å². The zero-order chi connectivity index (χ0) is 17.6. The molecule has 1 fully saturated rings. The van der Waals surface area contributed by atoms with E-state index in [2.05, 4.69) is 10.3 Å². The molecule has 130 valence electrons. The van der Waals surface area contributed by atoms with E-state index in [-0.39, 0.29) is 5.69 Å². The Morgan fingerprint density at radius 3 is 2.76 bits per heavy atom. The van der Waals surface area contributed by atoms with E-state index in [1.165, 1.54) is 12.8 Å². The smallest absolute Gasteiger partial charge is 0.329 e. The molecule has 0 aliphatic heterocycles. The highest BCUT2D eigenvalue weighted by atomic mass is 35.5. The maximum atomic E-state index is 12.7. The van der Waals surface area contributed by atoms with Crippen LogP contribution >= 0.6 is 11.6 Å². The standard InChI is InChI=1S/C19H21ClN4O/c1-12-14(20)8-5-9-15(12)22-18-10-16-17(11-21-18)23(2)19(25)24(16)13-6-3-4-7-13/h5,8-11,13H,3-4,6-7H2,1-2H3,(H,21,22). The summed E-state index contributed by atoms with van der Waals surface area (Å²) >= 11 is 6.20. The average Bonchev–Trinajstić information content (AvgIpc) is 3.20. The first-order valence-corrected chi connectivity index (χ1v) is 9.03. The first kappa shape index (κ1) is 16.2. The summed E-state index contributed by atoms with van der Waals surface area (Å²) in [6.45, 7) is 1.97. The van der Waals surface area contributed by atoms with Crippen molar-refractivity contribution in [1.29, 1.82) is 0 Å². The summed E-state index contributed by atoms with van der Waals surface area (Å²) in [6.07, 6.45) is 6.27. The van der Waals surface area contributed by atoms with E-state index in [1.54, 1.807) is 10.8 Å². The highest BCUT2D eigenvalue weighted by molar-refractivity contribution is 6.31. The lowest BCUT2D eigenvalue weighted by Crippen LogP contribution is -2.24. The molecule has 1 aliphatic rings. The molecule has 6 heteroatoms. The van der Waals surface area contributed by atoms with Crippen molar-refractivity contribution in [3.05, 3.63) is 51.5 Å². The minimum absolute atomic E-state index is 0.0415. The van der Waals surface area contributed by atoms with Crippen molar-refractivity contribution in [2.75, 3.05) is 5.32 Å². The van der Waals surface area contributed by atoms with Gasteiger partial charge in [0.2, 0.25) is 0 Å². The summed E-state index contributed by atoms with van der Waals surface area (Å²) < 4.78 is 3.63. The molecule has 1 N–H and O–H groups in total. The van der Waals surface area contributed by atoms with Crippen LogP contribution in [0.4, 0.5) is 11.5 Å². The number of benzene rings is 1. The summed E-state index contributed by atoms with van der Waals surface area (Å²) in [4.78, 5) is 17.2. The third-order valence-electron chi connectivity index (χ3n) is 5.20. The Hall–Kier alpha value is -2.27. The minimum atomic E-state index is 0.0415. The zero-order valence-corrected chi connectivity index (χ0v) is 15.2. The van der Waals surface area contributed by atoms with E-state index in [1.807, 2.05) is 42.8 Å². The van der Waals surface area contributed by atoms with Gasteiger partial charge in [-0.2, -0.15) is 0 Å². The van der Waals surface area contributed by atoms with Gasteiger partial charge in [-0.25, -0.2) is 9.78 Å². The van der Waals surface area contributed by atoms with Crippen LogP contribution in [-0.2, 0) is 7.05 Å². The molecular weight excluding hydrogens is 336 g/mol. The first-order valence-electron chi connectivity index (χ1n) is 8.65. The van der Waals surface area contributed by atoms with Crippen LogP contribution in [0.25, 0.3) is 11.0 Å². The molecule has 5 nitrogen and oxygen atoms in total. The van der Waals surface area contributed by atoms with Crippen LogP contribution in [0.5, 0.6) is 0 Å². The number of aryl methyl sites for hydroxylation is 1. The number of fused-ring (bicyclic) bond motifs is 1. The van der Waals surface area contributed by atoms with Gasteiger partial charge < -0.3 is 5.32 Å².